The molecule has 0 aromatic heterocycles. The number of hydrogen-bond donors (Lipinski definition) is 3. The number of carboxylic acid groups (broad SMARTS) is 3. The van der Waals surface area contributed by atoms with Gasteiger partial charge in [0, 0.05) is 24.9 Å². The van der Waals surface area contributed by atoms with Crippen LogP contribution < -0.4 is 0 Å². The number of carbonyl (C=O) groups is 3. The van der Waals surface area contributed by atoms with E-state index in [4.69, 9.17) is 10.2 Å². The van der Waals surface area contributed by atoms with Crippen LogP contribution in [0.1, 0.15) is 6.42 Å². The summed E-state index contributed by atoms with van der Waals surface area (Å²) >= 11 is 0. The van der Waals surface area contributed by atoms with Crippen molar-refractivity contribution in [3.63, 3.8) is 0 Å². The van der Waals surface area contributed by atoms with Crippen LogP contribution in [-0.4, -0.2) is 51.3 Å². The molecule has 7 nitrogen and oxygen atoms in total. The molecule has 0 bridgehead atoms. The zero-order valence-electron chi connectivity index (χ0n) is 9.94. The molecule has 0 aromatic carbocycles. The molecule has 1 fully saturated rings. The van der Waals surface area contributed by atoms with E-state index in [1.807, 2.05) is 0 Å². The molecular weight excluding hydrogens is 254 g/mol. The van der Waals surface area contributed by atoms with Crippen LogP contribution in [0, 0.1) is 11.8 Å². The van der Waals surface area contributed by atoms with Crippen LogP contribution in [0.25, 0.3) is 0 Å². The van der Waals surface area contributed by atoms with E-state index >= 15 is 0 Å². The maximum Gasteiger partial charge on any atom is 0.407 e. The predicted octanol–water partition coefficient (Wildman–Crippen LogP) is 0.638. The molecule has 1 aliphatic heterocycles. The van der Waals surface area contributed by atoms with Crippen LogP contribution in [0.5, 0.6) is 0 Å². The summed E-state index contributed by atoms with van der Waals surface area (Å²) in [6, 6.07) is 0. The highest BCUT2D eigenvalue weighted by Crippen LogP contribution is 2.36. The van der Waals surface area contributed by atoms with Crippen molar-refractivity contribution in [2.45, 2.75) is 6.42 Å². The number of carboxylic acids is 2. The Kier molecular flexibility index (Phi) is 3.28. The molecule has 0 spiro atoms. The van der Waals surface area contributed by atoms with Crippen molar-refractivity contribution in [2.24, 2.45) is 11.8 Å². The van der Waals surface area contributed by atoms with Crippen molar-refractivity contribution < 1.29 is 29.7 Å². The first kappa shape index (κ1) is 13.1. The summed E-state index contributed by atoms with van der Waals surface area (Å²) < 4.78 is 0. The van der Waals surface area contributed by atoms with E-state index in [1.165, 1.54) is 11.0 Å². The van der Waals surface area contributed by atoms with E-state index in [0.29, 0.717) is 6.42 Å². The average molecular weight is 267 g/mol. The summed E-state index contributed by atoms with van der Waals surface area (Å²) in [4.78, 5) is 34.4. The van der Waals surface area contributed by atoms with E-state index in [2.05, 4.69) is 0 Å². The average Bonchev–Trinajstić information content (AvgIpc) is 2.35. The van der Waals surface area contributed by atoms with Gasteiger partial charge in [0.15, 0.2) is 0 Å². The smallest absolute Gasteiger partial charge is 0.407 e. The van der Waals surface area contributed by atoms with Crippen molar-refractivity contribution in [3.05, 3.63) is 23.3 Å². The molecule has 1 aliphatic carbocycles. The van der Waals surface area contributed by atoms with E-state index in [9.17, 15) is 19.5 Å². The standard InChI is InChI=1S/C12H13NO6/c14-10(15)8-2-1-6-5-13(12(18)19)4-3-7(6)9(8)11(16)17/h1-2,6-7H,3-5H2,(H,14,15)(H,16,17)(H,18,19). The minimum absolute atomic E-state index is 0.120. The number of nitrogens with zero attached hydrogens (tertiary/aromatic N) is 1. The van der Waals surface area contributed by atoms with Crippen LogP contribution in [0.15, 0.2) is 23.3 Å². The summed E-state index contributed by atoms with van der Waals surface area (Å²) in [6.45, 7) is 0.411. The van der Waals surface area contributed by atoms with Gasteiger partial charge in [0.25, 0.3) is 0 Å². The third kappa shape index (κ3) is 2.31. The Labute approximate surface area is 108 Å². The number of piperidine rings is 1. The lowest BCUT2D eigenvalue weighted by Gasteiger charge is -2.38. The van der Waals surface area contributed by atoms with Crippen molar-refractivity contribution in [1.29, 1.82) is 0 Å². The van der Waals surface area contributed by atoms with E-state index < -0.39 is 23.9 Å². The van der Waals surface area contributed by atoms with Crippen LogP contribution in [0.3, 0.4) is 0 Å². The highest BCUT2D eigenvalue weighted by atomic mass is 16.4. The Hall–Kier alpha value is -2.31. The van der Waals surface area contributed by atoms with E-state index in [0.717, 1.165) is 0 Å². The lowest BCUT2D eigenvalue weighted by atomic mass is 9.75. The maximum atomic E-state index is 11.3. The van der Waals surface area contributed by atoms with Crippen LogP contribution in [0.2, 0.25) is 0 Å². The van der Waals surface area contributed by atoms with Gasteiger partial charge in [-0.25, -0.2) is 14.4 Å². The summed E-state index contributed by atoms with van der Waals surface area (Å²) in [6.07, 6.45) is 2.13. The van der Waals surface area contributed by atoms with Gasteiger partial charge in [-0.15, -0.1) is 0 Å². The van der Waals surface area contributed by atoms with Gasteiger partial charge in [0.1, 0.15) is 0 Å². The van der Waals surface area contributed by atoms with Gasteiger partial charge < -0.3 is 20.2 Å². The topological polar surface area (TPSA) is 115 Å². The third-order valence-electron chi connectivity index (χ3n) is 3.56. The minimum Gasteiger partial charge on any atom is -0.478 e. The largest absolute Gasteiger partial charge is 0.478 e. The van der Waals surface area contributed by atoms with Crippen LogP contribution >= 0.6 is 0 Å². The number of hydrogen-bond acceptors (Lipinski definition) is 3. The molecule has 2 aliphatic rings. The number of fused-ring (bicyclic) bond motifs is 1. The summed E-state index contributed by atoms with van der Waals surface area (Å²) in [5.74, 6) is -3.24. The molecule has 2 atom stereocenters. The maximum absolute atomic E-state index is 11.3. The van der Waals surface area contributed by atoms with Gasteiger partial charge in [0.05, 0.1) is 11.1 Å². The SMILES string of the molecule is O=C(O)C1=C(C(=O)O)C2CCN(C(=O)O)CC2C=C1. The second kappa shape index (κ2) is 4.75. The first-order valence-corrected chi connectivity index (χ1v) is 5.78. The first-order valence-electron chi connectivity index (χ1n) is 5.78. The normalized spacial score (nSPS) is 26.0. The van der Waals surface area contributed by atoms with Gasteiger partial charge in [-0.05, 0) is 6.42 Å². The first-order chi connectivity index (χ1) is 8.91. The number of amides is 1. The predicted molar refractivity (Wildman–Crippen MR) is 62.6 cm³/mol. The Morgan fingerprint density at radius 1 is 1.16 bits per heavy atom. The molecule has 2 unspecified atom stereocenters. The number of likely N-dealkylation sites (tertiary alicyclic amines) is 1. The van der Waals surface area contributed by atoms with Crippen molar-refractivity contribution >= 4 is 18.0 Å². The third-order valence-corrected chi connectivity index (χ3v) is 3.56. The van der Waals surface area contributed by atoms with Crippen LogP contribution in [0.4, 0.5) is 4.79 Å². The molecule has 19 heavy (non-hydrogen) atoms. The Morgan fingerprint density at radius 3 is 2.37 bits per heavy atom. The summed E-state index contributed by atoms with van der Waals surface area (Å²) in [5, 5.41) is 27.1. The molecule has 1 amide bonds. The zero-order chi connectivity index (χ0) is 14.2. The monoisotopic (exact) mass is 267 g/mol. The Balaban J connectivity index is 2.32. The van der Waals surface area contributed by atoms with E-state index in [-0.39, 0.29) is 30.2 Å². The number of aliphatic carboxylic acids is 2. The summed E-state index contributed by atoms with van der Waals surface area (Å²) in [7, 11) is 0. The molecule has 3 N–H and O–H groups in total. The molecule has 1 saturated heterocycles. The molecule has 0 aromatic rings. The highest BCUT2D eigenvalue weighted by molar-refractivity contribution is 6.01. The zero-order valence-corrected chi connectivity index (χ0v) is 9.94. The van der Waals surface area contributed by atoms with Crippen LogP contribution in [-0.2, 0) is 9.59 Å². The van der Waals surface area contributed by atoms with Gasteiger partial charge in [-0.2, -0.15) is 0 Å². The van der Waals surface area contributed by atoms with Gasteiger partial charge in [0.2, 0.25) is 0 Å². The van der Waals surface area contributed by atoms with Gasteiger partial charge in [-0.1, -0.05) is 12.2 Å². The second-order valence-electron chi connectivity index (χ2n) is 4.58. The lowest BCUT2D eigenvalue weighted by Crippen LogP contribution is -2.45. The van der Waals surface area contributed by atoms with E-state index in [1.54, 1.807) is 6.08 Å². The minimum atomic E-state index is -1.27. The van der Waals surface area contributed by atoms with Crippen molar-refractivity contribution in [1.82, 2.24) is 4.90 Å². The quantitative estimate of drug-likeness (QED) is 0.676. The molecule has 2 rings (SSSR count). The highest BCUT2D eigenvalue weighted by Gasteiger charge is 2.39. The molecule has 7 heteroatoms. The molecule has 0 radical (unpaired) electrons. The van der Waals surface area contributed by atoms with Crippen molar-refractivity contribution in [3.8, 4) is 0 Å². The van der Waals surface area contributed by atoms with Crippen molar-refractivity contribution in [2.75, 3.05) is 13.1 Å². The van der Waals surface area contributed by atoms with Gasteiger partial charge >= 0.3 is 18.0 Å². The number of rotatable bonds is 2. The molecule has 0 saturated carbocycles. The molecule has 1 heterocycles. The Bertz CT molecular complexity index is 506. The molecular formula is C12H13NO6. The molecule has 102 valence electrons. The Morgan fingerprint density at radius 2 is 1.84 bits per heavy atom. The summed E-state index contributed by atoms with van der Waals surface area (Å²) in [5.41, 5.74) is -0.331. The lowest BCUT2D eigenvalue weighted by molar-refractivity contribution is -0.136. The second-order valence-corrected chi connectivity index (χ2v) is 4.58. The fourth-order valence-corrected chi connectivity index (χ4v) is 2.68. The fourth-order valence-electron chi connectivity index (χ4n) is 2.68. The van der Waals surface area contributed by atoms with Gasteiger partial charge in [-0.3, -0.25) is 0 Å². The fraction of sp³-hybridized carbons (Fsp3) is 0.417.